The highest BCUT2D eigenvalue weighted by Crippen LogP contribution is 2.31. The smallest absolute Gasteiger partial charge is 0.332 e. The van der Waals surface area contributed by atoms with Gasteiger partial charge in [-0.15, -0.1) is 0 Å². The van der Waals surface area contributed by atoms with Crippen LogP contribution >= 0.6 is 47.0 Å². The number of hydrogen-bond acceptors (Lipinski definition) is 3. The van der Waals surface area contributed by atoms with Gasteiger partial charge in [0.05, 0.1) is 26.7 Å². The van der Waals surface area contributed by atoms with Crippen molar-refractivity contribution >= 4 is 58.0 Å². The van der Waals surface area contributed by atoms with E-state index < -0.39 is 5.97 Å². The zero-order valence-electron chi connectivity index (χ0n) is 11.5. The monoisotopic (exact) mass is 365 g/mol. The van der Waals surface area contributed by atoms with Crippen molar-refractivity contribution in [1.82, 2.24) is 5.32 Å². The Hall–Kier alpha value is -0.810. The zero-order chi connectivity index (χ0) is 16.0. The average Bonchev–Trinajstić information content (AvgIpc) is 2.35. The highest BCUT2D eigenvalue weighted by molar-refractivity contribution is 7.80. The molecule has 0 saturated carbocycles. The highest BCUT2D eigenvalue weighted by Gasteiger charge is 2.08. The lowest BCUT2D eigenvalue weighted by atomic mass is 10.1. The Morgan fingerprint density at radius 3 is 2.43 bits per heavy atom. The van der Waals surface area contributed by atoms with Crippen molar-refractivity contribution in [2.24, 2.45) is 0 Å². The predicted octanol–water partition coefficient (Wildman–Crippen LogP) is 4.57. The Morgan fingerprint density at radius 2 is 1.90 bits per heavy atom. The molecule has 0 aliphatic carbocycles. The average molecular weight is 367 g/mol. The first kappa shape index (κ1) is 18.2. The maximum atomic E-state index is 11.3. The number of halogens is 3. The Labute approximate surface area is 144 Å². The Kier molecular flexibility index (Phi) is 7.46. The van der Waals surface area contributed by atoms with Gasteiger partial charge in [-0.25, -0.2) is 4.79 Å². The first-order valence-electron chi connectivity index (χ1n) is 6.11. The van der Waals surface area contributed by atoms with E-state index in [0.717, 1.165) is 5.56 Å². The zero-order valence-corrected chi connectivity index (χ0v) is 14.6. The maximum Gasteiger partial charge on any atom is 0.332 e. The fourth-order valence-electron chi connectivity index (χ4n) is 1.56. The van der Waals surface area contributed by atoms with E-state index >= 15 is 0 Å². The topological polar surface area (TPSA) is 38.3 Å². The van der Waals surface area contributed by atoms with Crippen molar-refractivity contribution in [3.8, 4) is 0 Å². The fourth-order valence-corrected chi connectivity index (χ4v) is 2.53. The van der Waals surface area contributed by atoms with Crippen LogP contribution < -0.4 is 5.32 Å². The highest BCUT2D eigenvalue weighted by atomic mass is 35.5. The lowest BCUT2D eigenvalue weighted by Crippen LogP contribution is -2.22. The summed E-state index contributed by atoms with van der Waals surface area (Å²) >= 11 is 23.0. The van der Waals surface area contributed by atoms with Crippen molar-refractivity contribution in [2.45, 2.75) is 20.3 Å². The summed E-state index contributed by atoms with van der Waals surface area (Å²) < 4.78 is 4.81. The van der Waals surface area contributed by atoms with Crippen molar-refractivity contribution < 1.29 is 9.53 Å². The largest absolute Gasteiger partial charge is 0.463 e. The van der Waals surface area contributed by atoms with Gasteiger partial charge in [0.1, 0.15) is 0 Å². The molecule has 1 N–H and O–H groups in total. The van der Waals surface area contributed by atoms with Crippen LogP contribution in [0.25, 0.3) is 0 Å². The molecule has 0 aromatic heterocycles. The number of allylic oxidation sites excluding steroid dienone is 1. The van der Waals surface area contributed by atoms with Gasteiger partial charge in [-0.05, 0) is 31.5 Å². The van der Waals surface area contributed by atoms with Crippen LogP contribution in [-0.2, 0) is 16.0 Å². The minimum atomic E-state index is -0.414. The summed E-state index contributed by atoms with van der Waals surface area (Å²) in [4.78, 5) is 11.8. The summed E-state index contributed by atoms with van der Waals surface area (Å²) in [6.07, 6.45) is 1.78. The molecule has 21 heavy (non-hydrogen) atoms. The second kappa shape index (κ2) is 8.59. The normalized spacial score (nSPS) is 11.2. The Balaban J connectivity index is 2.68. The molecule has 0 bridgehead atoms. The Bertz CT molecular complexity index is 565. The van der Waals surface area contributed by atoms with Gasteiger partial charge < -0.3 is 10.1 Å². The van der Waals surface area contributed by atoms with Crippen LogP contribution in [0, 0.1) is 0 Å². The number of hydrogen-bond donors (Lipinski definition) is 1. The van der Waals surface area contributed by atoms with E-state index in [9.17, 15) is 4.79 Å². The number of rotatable bonds is 5. The van der Waals surface area contributed by atoms with Gasteiger partial charge in [-0.3, -0.25) is 0 Å². The summed E-state index contributed by atoms with van der Waals surface area (Å²) in [5.74, 6) is -0.414. The van der Waals surface area contributed by atoms with Crippen LogP contribution in [-0.4, -0.2) is 17.6 Å². The molecule has 114 valence electrons. The predicted molar refractivity (Wildman–Crippen MR) is 91.3 cm³/mol. The molecule has 1 aromatic rings. The van der Waals surface area contributed by atoms with Crippen LogP contribution in [0.15, 0.2) is 23.9 Å². The molecule has 0 unspecified atom stereocenters. The number of ether oxygens (including phenoxy) is 1. The van der Waals surface area contributed by atoms with E-state index in [1.165, 1.54) is 6.08 Å². The summed E-state index contributed by atoms with van der Waals surface area (Å²) in [7, 11) is 0. The lowest BCUT2D eigenvalue weighted by Gasteiger charge is -2.10. The van der Waals surface area contributed by atoms with E-state index in [0.29, 0.717) is 38.8 Å². The number of thiocarbonyl (C=S) groups is 1. The molecule has 1 aromatic carbocycles. The number of benzene rings is 1. The molecular formula is C14H14Cl3NO2S. The molecule has 0 amide bonds. The van der Waals surface area contributed by atoms with Crippen LogP contribution in [0.5, 0.6) is 0 Å². The quantitative estimate of drug-likeness (QED) is 0.358. The van der Waals surface area contributed by atoms with Crippen LogP contribution in [0.4, 0.5) is 0 Å². The first-order chi connectivity index (χ1) is 9.83. The van der Waals surface area contributed by atoms with Crippen molar-refractivity contribution in [3.63, 3.8) is 0 Å². The third-order valence-electron chi connectivity index (χ3n) is 2.37. The molecule has 0 fully saturated rings. The molecule has 0 aliphatic heterocycles. The van der Waals surface area contributed by atoms with Gasteiger partial charge in [0, 0.05) is 18.2 Å². The summed E-state index contributed by atoms with van der Waals surface area (Å²) in [6.45, 7) is 3.80. The minimum Gasteiger partial charge on any atom is -0.463 e. The van der Waals surface area contributed by atoms with E-state index in [1.54, 1.807) is 26.0 Å². The van der Waals surface area contributed by atoms with Gasteiger partial charge in [0.15, 0.2) is 0 Å². The second-order valence-corrected chi connectivity index (χ2v) is 5.86. The standard InChI is InChI=1S/C14H14Cl3NO2S/c1-3-20-13(19)4-8(2)18-12(21)7-9-5-10(15)14(17)11(16)6-9/h4-6H,3,7H2,1-2H3,(H,18,21). The SMILES string of the molecule is CCOC(=O)C=C(C)NC(=S)Cc1cc(Cl)c(Cl)c(Cl)c1. The minimum absolute atomic E-state index is 0.319. The van der Waals surface area contributed by atoms with Crippen molar-refractivity contribution in [3.05, 3.63) is 44.5 Å². The maximum absolute atomic E-state index is 11.3. The summed E-state index contributed by atoms with van der Waals surface area (Å²) in [5.41, 5.74) is 1.43. The van der Waals surface area contributed by atoms with E-state index in [2.05, 4.69) is 5.32 Å². The molecule has 1 rings (SSSR count). The van der Waals surface area contributed by atoms with Gasteiger partial charge in [0.25, 0.3) is 0 Å². The molecule has 0 heterocycles. The Morgan fingerprint density at radius 1 is 1.33 bits per heavy atom. The number of esters is 1. The lowest BCUT2D eigenvalue weighted by molar-refractivity contribution is -0.137. The van der Waals surface area contributed by atoms with Crippen LogP contribution in [0.2, 0.25) is 15.1 Å². The van der Waals surface area contributed by atoms with Gasteiger partial charge in [-0.1, -0.05) is 47.0 Å². The molecule has 0 atom stereocenters. The van der Waals surface area contributed by atoms with Crippen LogP contribution in [0.1, 0.15) is 19.4 Å². The molecule has 0 aliphatic rings. The van der Waals surface area contributed by atoms with E-state index in [-0.39, 0.29) is 0 Å². The summed E-state index contributed by atoms with van der Waals surface area (Å²) in [5, 5.41) is 4.01. The molecule has 0 saturated heterocycles. The molecule has 0 spiro atoms. The second-order valence-electron chi connectivity index (χ2n) is 4.18. The molecule has 7 heteroatoms. The van der Waals surface area contributed by atoms with E-state index in [4.69, 9.17) is 51.8 Å². The van der Waals surface area contributed by atoms with Gasteiger partial charge in [-0.2, -0.15) is 0 Å². The number of nitrogens with one attached hydrogen (secondary N) is 1. The fraction of sp³-hybridized carbons (Fsp3) is 0.286. The molecule has 0 radical (unpaired) electrons. The number of carbonyl (C=O) groups excluding carboxylic acids is 1. The molecule has 3 nitrogen and oxygen atoms in total. The number of carbonyl (C=O) groups is 1. The summed E-state index contributed by atoms with van der Waals surface area (Å²) in [6, 6.07) is 3.41. The van der Waals surface area contributed by atoms with E-state index in [1.807, 2.05) is 0 Å². The third kappa shape index (κ3) is 6.22. The van der Waals surface area contributed by atoms with Crippen molar-refractivity contribution in [1.29, 1.82) is 0 Å². The first-order valence-corrected chi connectivity index (χ1v) is 7.66. The molecular weight excluding hydrogens is 353 g/mol. The van der Waals surface area contributed by atoms with Crippen LogP contribution in [0.3, 0.4) is 0 Å². The third-order valence-corrected chi connectivity index (χ3v) is 3.81. The van der Waals surface area contributed by atoms with Gasteiger partial charge in [0.2, 0.25) is 0 Å². The van der Waals surface area contributed by atoms with Gasteiger partial charge >= 0.3 is 5.97 Å². The van der Waals surface area contributed by atoms with Crippen molar-refractivity contribution in [2.75, 3.05) is 6.61 Å².